The Morgan fingerprint density at radius 1 is 1.26 bits per heavy atom. The molecule has 0 unspecified atom stereocenters. The topological polar surface area (TPSA) is 53.2 Å². The molecule has 0 bridgehead atoms. The predicted octanol–water partition coefficient (Wildman–Crippen LogP) is 3.23. The second-order valence-corrected chi connectivity index (χ2v) is 7.16. The van der Waals surface area contributed by atoms with Crippen LogP contribution in [0.2, 0.25) is 0 Å². The molecule has 3 rings (SSSR count). The number of carbonyl (C=O) groups is 1. The summed E-state index contributed by atoms with van der Waals surface area (Å²) in [6, 6.07) is 8.75. The fourth-order valence-electron chi connectivity index (χ4n) is 3.11. The van der Waals surface area contributed by atoms with E-state index in [4.69, 9.17) is 0 Å². The first-order valence-corrected chi connectivity index (χ1v) is 9.02. The standard InChI is InChI=1S/C18H22N2O2S/c1-13-2-4-14(5-3-13)6-7-15-8-10-20(11-9-15)17(21)16-12-23-18(22)19-16/h2-5,12,15H,6-11H2,1H3,(H,19,22). The van der Waals surface area contributed by atoms with Crippen molar-refractivity contribution < 1.29 is 4.79 Å². The zero-order chi connectivity index (χ0) is 16.2. The summed E-state index contributed by atoms with van der Waals surface area (Å²) in [5, 5.41) is 1.62. The fraction of sp³-hybridized carbons (Fsp3) is 0.444. The van der Waals surface area contributed by atoms with Gasteiger partial charge in [0.15, 0.2) is 0 Å². The van der Waals surface area contributed by atoms with Crippen LogP contribution in [0.1, 0.15) is 40.9 Å². The van der Waals surface area contributed by atoms with E-state index in [2.05, 4.69) is 36.2 Å². The van der Waals surface area contributed by atoms with Crippen LogP contribution in [0, 0.1) is 12.8 Å². The van der Waals surface area contributed by atoms with Crippen molar-refractivity contribution in [3.63, 3.8) is 0 Å². The number of benzene rings is 1. The number of hydrogen-bond acceptors (Lipinski definition) is 3. The van der Waals surface area contributed by atoms with Crippen molar-refractivity contribution in [1.82, 2.24) is 9.88 Å². The SMILES string of the molecule is Cc1ccc(CCC2CCN(C(=O)c3csc(=O)[nH]3)CC2)cc1. The minimum absolute atomic E-state index is 0.0414. The van der Waals surface area contributed by atoms with Gasteiger partial charge < -0.3 is 9.88 Å². The molecule has 0 radical (unpaired) electrons. The van der Waals surface area contributed by atoms with Gasteiger partial charge in [-0.15, -0.1) is 0 Å². The van der Waals surface area contributed by atoms with Crippen LogP contribution in [0.4, 0.5) is 0 Å². The highest BCUT2D eigenvalue weighted by Crippen LogP contribution is 2.23. The second kappa shape index (κ2) is 7.13. The van der Waals surface area contributed by atoms with Crippen molar-refractivity contribution in [2.45, 2.75) is 32.6 Å². The molecule has 1 aromatic heterocycles. The van der Waals surface area contributed by atoms with Crippen LogP contribution in [-0.2, 0) is 6.42 Å². The van der Waals surface area contributed by atoms with Gasteiger partial charge in [-0.3, -0.25) is 9.59 Å². The highest BCUT2D eigenvalue weighted by molar-refractivity contribution is 7.07. The van der Waals surface area contributed by atoms with E-state index in [1.54, 1.807) is 5.38 Å². The molecule has 4 nitrogen and oxygen atoms in total. The maximum atomic E-state index is 12.3. The van der Waals surface area contributed by atoms with Gasteiger partial charge in [0.25, 0.3) is 5.91 Å². The summed E-state index contributed by atoms with van der Waals surface area (Å²) in [6.07, 6.45) is 4.38. The molecule has 1 aliphatic heterocycles. The third kappa shape index (κ3) is 4.10. The van der Waals surface area contributed by atoms with E-state index in [1.165, 1.54) is 17.5 Å². The Kier molecular flexibility index (Phi) is 4.96. The molecule has 0 atom stereocenters. The minimum Gasteiger partial charge on any atom is -0.337 e. The zero-order valence-corrected chi connectivity index (χ0v) is 14.2. The molecule has 1 saturated heterocycles. The number of aromatic amines is 1. The van der Waals surface area contributed by atoms with Gasteiger partial charge in [-0.25, -0.2) is 0 Å². The average Bonchev–Trinajstić information content (AvgIpc) is 3.01. The maximum Gasteiger partial charge on any atom is 0.305 e. The Hall–Kier alpha value is -1.88. The maximum absolute atomic E-state index is 12.3. The summed E-state index contributed by atoms with van der Waals surface area (Å²) < 4.78 is 0. The van der Waals surface area contributed by atoms with Crippen molar-refractivity contribution in [2.75, 3.05) is 13.1 Å². The van der Waals surface area contributed by atoms with E-state index in [0.717, 1.165) is 43.7 Å². The minimum atomic E-state index is -0.165. The molecule has 0 aliphatic carbocycles. The monoisotopic (exact) mass is 330 g/mol. The molecule has 1 aromatic carbocycles. The first-order chi connectivity index (χ1) is 11.1. The van der Waals surface area contributed by atoms with Crippen LogP contribution in [-0.4, -0.2) is 28.9 Å². The van der Waals surface area contributed by atoms with E-state index in [9.17, 15) is 9.59 Å². The summed E-state index contributed by atoms with van der Waals surface area (Å²) in [4.78, 5) is 27.8. The highest BCUT2D eigenvalue weighted by atomic mass is 32.1. The quantitative estimate of drug-likeness (QED) is 0.936. The fourth-order valence-corrected chi connectivity index (χ4v) is 3.66. The number of amides is 1. The molecule has 1 N–H and O–H groups in total. The largest absolute Gasteiger partial charge is 0.337 e. The lowest BCUT2D eigenvalue weighted by Gasteiger charge is -2.31. The summed E-state index contributed by atoms with van der Waals surface area (Å²) >= 11 is 1.05. The second-order valence-electron chi connectivity index (χ2n) is 6.32. The molecule has 2 heterocycles. The molecule has 23 heavy (non-hydrogen) atoms. The number of hydrogen-bond donors (Lipinski definition) is 1. The summed E-state index contributed by atoms with van der Waals surface area (Å²) in [7, 11) is 0. The number of likely N-dealkylation sites (tertiary alicyclic amines) is 1. The number of aromatic nitrogens is 1. The summed E-state index contributed by atoms with van der Waals surface area (Å²) in [5.74, 6) is 0.641. The molecule has 1 fully saturated rings. The Balaban J connectivity index is 1.47. The molecule has 5 heteroatoms. The van der Waals surface area contributed by atoms with Crippen LogP contribution in [0.15, 0.2) is 34.4 Å². The number of nitrogens with zero attached hydrogens (tertiary/aromatic N) is 1. The third-order valence-electron chi connectivity index (χ3n) is 4.61. The lowest BCUT2D eigenvalue weighted by molar-refractivity contribution is 0.0681. The molecule has 2 aromatic rings. The number of H-pyrrole nitrogens is 1. The lowest BCUT2D eigenvalue weighted by Crippen LogP contribution is -2.38. The zero-order valence-electron chi connectivity index (χ0n) is 13.4. The first-order valence-electron chi connectivity index (χ1n) is 8.14. The van der Waals surface area contributed by atoms with Gasteiger partial charge in [0.1, 0.15) is 5.69 Å². The number of aryl methyl sites for hydroxylation is 2. The average molecular weight is 330 g/mol. The number of rotatable bonds is 4. The summed E-state index contributed by atoms with van der Waals surface area (Å²) in [6.45, 7) is 3.68. The van der Waals surface area contributed by atoms with Crippen LogP contribution >= 0.6 is 11.3 Å². The Morgan fingerprint density at radius 2 is 1.96 bits per heavy atom. The number of thiazole rings is 1. The smallest absolute Gasteiger partial charge is 0.305 e. The molecule has 0 spiro atoms. The number of piperidine rings is 1. The van der Waals surface area contributed by atoms with Crippen LogP contribution < -0.4 is 4.87 Å². The number of carbonyl (C=O) groups excluding carboxylic acids is 1. The first kappa shape index (κ1) is 16.0. The molecular formula is C18H22N2O2S. The highest BCUT2D eigenvalue weighted by Gasteiger charge is 2.24. The Bertz CT molecular complexity index is 709. The van der Waals surface area contributed by atoms with Crippen molar-refractivity contribution in [3.8, 4) is 0 Å². The van der Waals surface area contributed by atoms with Crippen molar-refractivity contribution in [2.24, 2.45) is 5.92 Å². The van der Waals surface area contributed by atoms with Crippen molar-refractivity contribution in [3.05, 3.63) is 56.1 Å². The molecule has 1 aliphatic rings. The molecule has 122 valence electrons. The van der Waals surface area contributed by atoms with Crippen LogP contribution in [0.3, 0.4) is 0 Å². The van der Waals surface area contributed by atoms with Gasteiger partial charge in [-0.1, -0.05) is 41.2 Å². The van der Waals surface area contributed by atoms with E-state index in [1.807, 2.05) is 4.90 Å². The summed E-state index contributed by atoms with van der Waals surface area (Å²) in [5.41, 5.74) is 3.12. The van der Waals surface area contributed by atoms with E-state index >= 15 is 0 Å². The molecule has 1 amide bonds. The molecular weight excluding hydrogens is 308 g/mol. The van der Waals surface area contributed by atoms with Gasteiger partial charge in [0, 0.05) is 18.5 Å². The third-order valence-corrected chi connectivity index (χ3v) is 5.28. The Morgan fingerprint density at radius 3 is 2.57 bits per heavy atom. The van der Waals surface area contributed by atoms with Gasteiger partial charge in [0.05, 0.1) is 0 Å². The lowest BCUT2D eigenvalue weighted by atomic mass is 9.90. The van der Waals surface area contributed by atoms with Crippen LogP contribution in [0.5, 0.6) is 0 Å². The van der Waals surface area contributed by atoms with Gasteiger partial charge >= 0.3 is 4.87 Å². The normalized spacial score (nSPS) is 15.8. The van der Waals surface area contributed by atoms with E-state index < -0.39 is 0 Å². The van der Waals surface area contributed by atoms with Crippen molar-refractivity contribution in [1.29, 1.82) is 0 Å². The predicted molar refractivity (Wildman–Crippen MR) is 93.1 cm³/mol. The number of nitrogens with one attached hydrogen (secondary N) is 1. The van der Waals surface area contributed by atoms with Gasteiger partial charge in [0.2, 0.25) is 0 Å². The van der Waals surface area contributed by atoms with Gasteiger partial charge in [-0.2, -0.15) is 0 Å². The van der Waals surface area contributed by atoms with E-state index in [-0.39, 0.29) is 10.8 Å². The van der Waals surface area contributed by atoms with Crippen LogP contribution in [0.25, 0.3) is 0 Å². The van der Waals surface area contributed by atoms with Gasteiger partial charge in [-0.05, 0) is 44.1 Å². The van der Waals surface area contributed by atoms with Crippen molar-refractivity contribution >= 4 is 17.2 Å². The Labute approximate surface area is 140 Å². The molecule has 0 saturated carbocycles. The van der Waals surface area contributed by atoms with E-state index in [0.29, 0.717) is 11.6 Å².